The molecule has 1 amide bonds. The number of carbonyl (C=O) groups is 1. The van der Waals surface area contributed by atoms with Crippen molar-refractivity contribution in [3.63, 3.8) is 0 Å². The zero-order valence-electron chi connectivity index (χ0n) is 17.6. The van der Waals surface area contributed by atoms with Crippen LogP contribution in [-0.2, 0) is 35.2 Å². The molecule has 1 aromatic heterocycles. The standard InChI is InChI=1S/C24H26N2O3S2/c1-16(2)26-31(28,29)15-20-9-4-3-8-19(20)14-25-24(27)22-13-18-12-11-17-7-5-6-10-21(17)23(18)30-22/h3-10,13,16,26H,11-12,14-15H2,1-2H3,(H,25,27). The van der Waals surface area contributed by atoms with Crippen LogP contribution in [0.3, 0.4) is 0 Å². The van der Waals surface area contributed by atoms with Crippen LogP contribution in [0.4, 0.5) is 0 Å². The molecule has 1 aliphatic rings. The Balaban J connectivity index is 1.48. The summed E-state index contributed by atoms with van der Waals surface area (Å²) in [4.78, 5) is 14.7. The lowest BCUT2D eigenvalue weighted by atomic mass is 9.91. The highest BCUT2D eigenvalue weighted by atomic mass is 32.2. The summed E-state index contributed by atoms with van der Waals surface area (Å²) in [7, 11) is -3.44. The number of carbonyl (C=O) groups excluding carboxylic acids is 1. The molecular formula is C24H26N2O3S2. The molecule has 3 aromatic rings. The minimum atomic E-state index is -3.44. The van der Waals surface area contributed by atoms with Crippen molar-refractivity contribution in [2.45, 2.75) is 45.0 Å². The number of hydrogen-bond acceptors (Lipinski definition) is 4. The molecule has 2 aromatic carbocycles. The third-order valence-electron chi connectivity index (χ3n) is 5.28. The molecule has 0 saturated carbocycles. The van der Waals surface area contributed by atoms with Crippen molar-refractivity contribution in [2.24, 2.45) is 0 Å². The summed E-state index contributed by atoms with van der Waals surface area (Å²) in [6, 6.07) is 17.5. The van der Waals surface area contributed by atoms with E-state index >= 15 is 0 Å². The smallest absolute Gasteiger partial charge is 0.261 e. The van der Waals surface area contributed by atoms with Gasteiger partial charge in [0.2, 0.25) is 10.0 Å². The monoisotopic (exact) mass is 454 g/mol. The Morgan fingerprint density at radius 3 is 2.45 bits per heavy atom. The molecular weight excluding hydrogens is 428 g/mol. The third kappa shape index (κ3) is 5.06. The van der Waals surface area contributed by atoms with Crippen molar-refractivity contribution < 1.29 is 13.2 Å². The van der Waals surface area contributed by atoms with Crippen LogP contribution < -0.4 is 10.0 Å². The molecule has 0 unspecified atom stereocenters. The highest BCUT2D eigenvalue weighted by Gasteiger charge is 2.21. The second-order valence-corrected chi connectivity index (χ2v) is 10.9. The zero-order valence-corrected chi connectivity index (χ0v) is 19.3. The fourth-order valence-corrected chi connectivity index (χ4v) is 6.60. The minimum Gasteiger partial charge on any atom is -0.347 e. The van der Waals surface area contributed by atoms with Crippen LogP contribution in [0.2, 0.25) is 0 Å². The molecule has 0 bridgehead atoms. The van der Waals surface area contributed by atoms with Crippen molar-refractivity contribution in [1.29, 1.82) is 0 Å². The summed E-state index contributed by atoms with van der Waals surface area (Å²) in [6.07, 6.45) is 1.94. The summed E-state index contributed by atoms with van der Waals surface area (Å²) in [5, 5.41) is 2.97. The fraction of sp³-hybridized carbons (Fsp3) is 0.292. The molecule has 1 aliphatic carbocycles. The molecule has 162 valence electrons. The van der Waals surface area contributed by atoms with E-state index in [1.807, 2.05) is 30.3 Å². The normalized spacial score (nSPS) is 13.0. The van der Waals surface area contributed by atoms with Gasteiger partial charge >= 0.3 is 0 Å². The number of sulfonamides is 1. The second kappa shape index (κ2) is 8.94. The third-order valence-corrected chi connectivity index (χ3v) is 8.01. The Kier molecular flexibility index (Phi) is 6.27. The molecule has 0 atom stereocenters. The SMILES string of the molecule is CC(C)NS(=O)(=O)Cc1ccccc1CNC(=O)c1cc2c(s1)-c1ccccc1CC2. The van der Waals surface area contributed by atoms with Gasteiger partial charge in [-0.05, 0) is 60.6 Å². The summed E-state index contributed by atoms with van der Waals surface area (Å²) in [5.41, 5.74) is 5.27. The summed E-state index contributed by atoms with van der Waals surface area (Å²) >= 11 is 1.52. The number of nitrogens with one attached hydrogen (secondary N) is 2. The Labute approximate surface area is 187 Å². The average molecular weight is 455 g/mol. The Morgan fingerprint density at radius 1 is 1.00 bits per heavy atom. The van der Waals surface area contributed by atoms with E-state index in [0.29, 0.717) is 10.4 Å². The van der Waals surface area contributed by atoms with E-state index in [0.717, 1.165) is 18.4 Å². The second-order valence-electron chi connectivity index (χ2n) is 8.11. The van der Waals surface area contributed by atoms with E-state index in [1.54, 1.807) is 19.9 Å². The Bertz CT molecular complexity index is 1210. The van der Waals surface area contributed by atoms with E-state index < -0.39 is 10.0 Å². The van der Waals surface area contributed by atoms with Crippen molar-refractivity contribution >= 4 is 27.3 Å². The van der Waals surface area contributed by atoms with Crippen LogP contribution >= 0.6 is 11.3 Å². The summed E-state index contributed by atoms with van der Waals surface area (Å²) in [6.45, 7) is 3.87. The van der Waals surface area contributed by atoms with Gasteiger partial charge in [-0.3, -0.25) is 4.79 Å². The van der Waals surface area contributed by atoms with Gasteiger partial charge < -0.3 is 5.32 Å². The molecule has 0 aliphatic heterocycles. The van der Waals surface area contributed by atoms with E-state index in [9.17, 15) is 13.2 Å². The lowest BCUT2D eigenvalue weighted by Crippen LogP contribution is -2.31. The highest BCUT2D eigenvalue weighted by molar-refractivity contribution is 7.88. The van der Waals surface area contributed by atoms with Gasteiger partial charge in [0, 0.05) is 17.5 Å². The molecule has 31 heavy (non-hydrogen) atoms. The lowest BCUT2D eigenvalue weighted by molar-refractivity contribution is 0.0955. The maximum atomic E-state index is 12.9. The number of aryl methyl sites for hydroxylation is 2. The van der Waals surface area contributed by atoms with Crippen molar-refractivity contribution in [2.75, 3.05) is 0 Å². The predicted octanol–water partition coefficient (Wildman–Crippen LogP) is 4.27. The average Bonchev–Trinajstić information content (AvgIpc) is 3.17. The number of amides is 1. The first-order valence-corrected chi connectivity index (χ1v) is 12.9. The van der Waals surface area contributed by atoms with Gasteiger partial charge in [0.15, 0.2) is 0 Å². The van der Waals surface area contributed by atoms with Gasteiger partial charge in [-0.1, -0.05) is 48.5 Å². The van der Waals surface area contributed by atoms with Gasteiger partial charge in [-0.25, -0.2) is 13.1 Å². The largest absolute Gasteiger partial charge is 0.347 e. The first-order chi connectivity index (χ1) is 14.8. The van der Waals surface area contributed by atoms with Crippen molar-refractivity contribution in [3.8, 4) is 10.4 Å². The zero-order chi connectivity index (χ0) is 22.0. The van der Waals surface area contributed by atoms with Crippen LogP contribution in [-0.4, -0.2) is 20.4 Å². The van der Waals surface area contributed by atoms with Gasteiger partial charge in [0.05, 0.1) is 10.6 Å². The fourth-order valence-electron chi connectivity index (χ4n) is 3.92. The number of fused-ring (bicyclic) bond motifs is 3. The molecule has 1 heterocycles. The van der Waals surface area contributed by atoms with Crippen LogP contribution in [0, 0.1) is 0 Å². The first kappa shape index (κ1) is 21.7. The molecule has 0 spiro atoms. The molecule has 7 heteroatoms. The number of hydrogen-bond donors (Lipinski definition) is 2. The first-order valence-electron chi connectivity index (χ1n) is 10.4. The number of thiophene rings is 1. The van der Waals surface area contributed by atoms with Crippen LogP contribution in [0.25, 0.3) is 10.4 Å². The molecule has 0 saturated heterocycles. The molecule has 0 fully saturated rings. The minimum absolute atomic E-state index is 0.110. The van der Waals surface area contributed by atoms with Gasteiger partial charge in [0.25, 0.3) is 5.91 Å². The highest BCUT2D eigenvalue weighted by Crippen LogP contribution is 2.39. The Hall–Kier alpha value is -2.48. The van der Waals surface area contributed by atoms with Crippen LogP contribution in [0.1, 0.15) is 45.8 Å². The number of benzene rings is 2. The van der Waals surface area contributed by atoms with Gasteiger partial charge in [-0.15, -0.1) is 11.3 Å². The summed E-state index contributed by atoms with van der Waals surface area (Å²) in [5.74, 6) is -0.240. The predicted molar refractivity (Wildman–Crippen MR) is 126 cm³/mol. The van der Waals surface area contributed by atoms with Crippen LogP contribution in [0.15, 0.2) is 54.6 Å². The van der Waals surface area contributed by atoms with E-state index in [-0.39, 0.29) is 24.2 Å². The van der Waals surface area contributed by atoms with Gasteiger partial charge in [-0.2, -0.15) is 0 Å². The van der Waals surface area contributed by atoms with Crippen molar-refractivity contribution in [1.82, 2.24) is 10.0 Å². The van der Waals surface area contributed by atoms with Crippen molar-refractivity contribution in [3.05, 3.63) is 81.7 Å². The van der Waals surface area contributed by atoms with Crippen LogP contribution in [0.5, 0.6) is 0 Å². The van der Waals surface area contributed by atoms with Gasteiger partial charge in [0.1, 0.15) is 0 Å². The number of rotatable bonds is 7. The topological polar surface area (TPSA) is 75.3 Å². The Morgan fingerprint density at radius 2 is 1.68 bits per heavy atom. The maximum Gasteiger partial charge on any atom is 0.261 e. The molecule has 5 nitrogen and oxygen atoms in total. The lowest BCUT2D eigenvalue weighted by Gasteiger charge is -2.15. The molecule has 0 radical (unpaired) electrons. The molecule has 4 rings (SSSR count). The van der Waals surface area contributed by atoms with E-state index in [2.05, 4.69) is 28.2 Å². The summed E-state index contributed by atoms with van der Waals surface area (Å²) < 4.78 is 27.3. The van der Waals surface area contributed by atoms with E-state index in [1.165, 1.54) is 32.9 Å². The molecule has 2 N–H and O–H groups in total. The quantitative estimate of drug-likeness (QED) is 0.560. The maximum absolute atomic E-state index is 12.9. The van der Waals surface area contributed by atoms with E-state index in [4.69, 9.17) is 0 Å².